The predicted octanol–water partition coefficient (Wildman–Crippen LogP) is 4.36. The Hall–Kier alpha value is -2.08. The number of hydrogen-bond donors (Lipinski definition) is 0. The minimum absolute atomic E-state index is 0.636. The molecule has 110 valence electrons. The number of anilines is 2. The molecule has 22 heavy (non-hydrogen) atoms. The van der Waals surface area contributed by atoms with E-state index in [2.05, 4.69) is 25.9 Å². The molecular formula is C16H10BrF2N3. The van der Waals surface area contributed by atoms with Crippen LogP contribution in [0, 0.1) is 11.6 Å². The van der Waals surface area contributed by atoms with E-state index in [0.29, 0.717) is 24.5 Å². The third kappa shape index (κ3) is 2.06. The van der Waals surface area contributed by atoms with E-state index in [0.717, 1.165) is 20.9 Å². The molecule has 0 saturated carbocycles. The Labute approximate surface area is 133 Å². The molecule has 1 aliphatic heterocycles. The van der Waals surface area contributed by atoms with Gasteiger partial charge in [-0.25, -0.2) is 18.7 Å². The van der Waals surface area contributed by atoms with Crippen LogP contribution in [0.4, 0.5) is 20.3 Å². The smallest absolute Gasteiger partial charge is 0.160 e. The average Bonchev–Trinajstić information content (AvgIpc) is 2.90. The predicted molar refractivity (Wildman–Crippen MR) is 84.3 cm³/mol. The molecule has 0 radical (unpaired) electrons. The number of hydrogen-bond acceptors (Lipinski definition) is 3. The van der Waals surface area contributed by atoms with E-state index >= 15 is 0 Å². The van der Waals surface area contributed by atoms with Gasteiger partial charge in [-0.05, 0) is 36.2 Å². The molecule has 3 nitrogen and oxygen atoms in total. The Morgan fingerprint density at radius 2 is 1.86 bits per heavy atom. The largest absolute Gasteiger partial charge is 0.325 e. The Morgan fingerprint density at radius 1 is 1.05 bits per heavy atom. The summed E-state index contributed by atoms with van der Waals surface area (Å²) in [7, 11) is 0. The number of benzene rings is 2. The molecule has 1 aliphatic rings. The van der Waals surface area contributed by atoms with Crippen LogP contribution in [0.5, 0.6) is 0 Å². The Balaban J connectivity index is 1.92. The molecule has 0 atom stereocenters. The van der Waals surface area contributed by atoms with Gasteiger partial charge in [0.05, 0.1) is 5.52 Å². The topological polar surface area (TPSA) is 29.0 Å². The maximum absolute atomic E-state index is 13.6. The van der Waals surface area contributed by atoms with Gasteiger partial charge in [0, 0.05) is 28.2 Å². The maximum atomic E-state index is 13.6. The fraction of sp³-hybridized carbons (Fsp3) is 0.125. The Kier molecular flexibility index (Phi) is 3.07. The van der Waals surface area contributed by atoms with E-state index < -0.39 is 11.6 Å². The lowest BCUT2D eigenvalue weighted by molar-refractivity contribution is 0.508. The zero-order valence-corrected chi connectivity index (χ0v) is 12.9. The molecule has 4 rings (SSSR count). The van der Waals surface area contributed by atoms with Gasteiger partial charge in [0.15, 0.2) is 11.6 Å². The molecule has 3 aromatic rings. The van der Waals surface area contributed by atoms with Crippen LogP contribution >= 0.6 is 15.9 Å². The molecule has 0 fully saturated rings. The van der Waals surface area contributed by atoms with Gasteiger partial charge in [-0.3, -0.25) is 0 Å². The quantitative estimate of drug-likeness (QED) is 0.644. The normalized spacial score (nSPS) is 13.7. The van der Waals surface area contributed by atoms with Crippen molar-refractivity contribution >= 4 is 38.3 Å². The van der Waals surface area contributed by atoms with Crippen molar-refractivity contribution in [3.8, 4) is 0 Å². The van der Waals surface area contributed by atoms with Crippen LogP contribution in [-0.4, -0.2) is 16.5 Å². The number of nitrogens with zero attached hydrogens (tertiary/aromatic N) is 3. The zero-order valence-electron chi connectivity index (χ0n) is 11.4. The van der Waals surface area contributed by atoms with Gasteiger partial charge in [0.2, 0.25) is 0 Å². The summed E-state index contributed by atoms with van der Waals surface area (Å²) in [4.78, 5) is 10.5. The number of rotatable bonds is 1. The first kappa shape index (κ1) is 13.6. The minimum atomic E-state index is -0.842. The molecule has 0 N–H and O–H groups in total. The van der Waals surface area contributed by atoms with Crippen LogP contribution in [0.2, 0.25) is 0 Å². The average molecular weight is 362 g/mol. The molecule has 2 heterocycles. The van der Waals surface area contributed by atoms with Crippen LogP contribution < -0.4 is 4.90 Å². The molecule has 0 bridgehead atoms. The first-order valence-corrected chi connectivity index (χ1v) is 7.58. The molecule has 0 saturated heterocycles. The van der Waals surface area contributed by atoms with E-state index in [-0.39, 0.29) is 0 Å². The zero-order chi connectivity index (χ0) is 15.3. The summed E-state index contributed by atoms with van der Waals surface area (Å²) in [6.07, 6.45) is 2.15. The van der Waals surface area contributed by atoms with Crippen molar-refractivity contribution in [1.29, 1.82) is 0 Å². The van der Waals surface area contributed by atoms with Gasteiger partial charge in [-0.2, -0.15) is 0 Å². The van der Waals surface area contributed by atoms with Crippen molar-refractivity contribution in [3.63, 3.8) is 0 Å². The van der Waals surface area contributed by atoms with Crippen LogP contribution in [-0.2, 0) is 6.42 Å². The Morgan fingerprint density at radius 3 is 2.73 bits per heavy atom. The monoisotopic (exact) mass is 361 g/mol. The van der Waals surface area contributed by atoms with Crippen molar-refractivity contribution in [3.05, 3.63) is 58.3 Å². The Bertz CT molecular complexity index is 898. The molecule has 0 unspecified atom stereocenters. The van der Waals surface area contributed by atoms with Crippen LogP contribution in [0.25, 0.3) is 10.9 Å². The lowest BCUT2D eigenvalue weighted by Crippen LogP contribution is -2.15. The number of halogens is 3. The molecule has 0 spiro atoms. The van der Waals surface area contributed by atoms with Crippen molar-refractivity contribution in [2.45, 2.75) is 6.42 Å². The van der Waals surface area contributed by atoms with Crippen LogP contribution in [0.3, 0.4) is 0 Å². The van der Waals surface area contributed by atoms with Crippen molar-refractivity contribution < 1.29 is 8.78 Å². The summed E-state index contributed by atoms with van der Waals surface area (Å²) in [6, 6.07) is 8.25. The van der Waals surface area contributed by atoms with Gasteiger partial charge < -0.3 is 4.90 Å². The third-order valence-electron chi connectivity index (χ3n) is 3.85. The number of fused-ring (bicyclic) bond motifs is 2. The van der Waals surface area contributed by atoms with E-state index in [1.165, 1.54) is 18.5 Å². The van der Waals surface area contributed by atoms with Gasteiger partial charge in [-0.1, -0.05) is 15.9 Å². The van der Waals surface area contributed by atoms with Crippen LogP contribution in [0.1, 0.15) is 5.56 Å². The van der Waals surface area contributed by atoms with Crippen LogP contribution in [0.15, 0.2) is 41.1 Å². The first-order chi connectivity index (χ1) is 10.6. The van der Waals surface area contributed by atoms with E-state index in [9.17, 15) is 8.78 Å². The summed E-state index contributed by atoms with van der Waals surface area (Å²) in [5, 5.41) is 0.870. The summed E-state index contributed by atoms with van der Waals surface area (Å²) >= 11 is 3.44. The minimum Gasteiger partial charge on any atom is -0.325 e. The summed E-state index contributed by atoms with van der Waals surface area (Å²) in [6.45, 7) is 0.636. The molecule has 0 aliphatic carbocycles. The maximum Gasteiger partial charge on any atom is 0.160 e. The lowest BCUT2D eigenvalue weighted by atomic mass is 10.1. The fourth-order valence-corrected chi connectivity index (χ4v) is 3.19. The van der Waals surface area contributed by atoms with E-state index in [1.807, 2.05) is 23.1 Å². The molecule has 0 amide bonds. The van der Waals surface area contributed by atoms with Gasteiger partial charge in [0.1, 0.15) is 12.1 Å². The molecule has 2 aromatic carbocycles. The summed E-state index contributed by atoms with van der Waals surface area (Å²) in [5.41, 5.74) is 2.27. The molecule has 1 aromatic heterocycles. The highest BCUT2D eigenvalue weighted by Gasteiger charge is 2.25. The summed E-state index contributed by atoms with van der Waals surface area (Å²) < 4.78 is 27.9. The lowest BCUT2D eigenvalue weighted by Gasteiger charge is -2.20. The number of aromatic nitrogens is 2. The second kappa shape index (κ2) is 4.98. The highest BCUT2D eigenvalue weighted by molar-refractivity contribution is 9.10. The molecule has 6 heteroatoms. The highest BCUT2D eigenvalue weighted by Crippen LogP contribution is 2.38. The highest BCUT2D eigenvalue weighted by atomic mass is 79.9. The fourth-order valence-electron chi connectivity index (χ4n) is 2.83. The van der Waals surface area contributed by atoms with E-state index in [1.54, 1.807) is 0 Å². The van der Waals surface area contributed by atoms with Crippen molar-refractivity contribution in [2.75, 3.05) is 11.4 Å². The van der Waals surface area contributed by atoms with Gasteiger partial charge >= 0.3 is 0 Å². The van der Waals surface area contributed by atoms with E-state index in [4.69, 9.17) is 0 Å². The van der Waals surface area contributed by atoms with Gasteiger partial charge in [-0.15, -0.1) is 0 Å². The third-order valence-corrected chi connectivity index (χ3v) is 4.34. The van der Waals surface area contributed by atoms with Crippen molar-refractivity contribution in [2.24, 2.45) is 0 Å². The second-order valence-corrected chi connectivity index (χ2v) is 6.07. The first-order valence-electron chi connectivity index (χ1n) is 6.79. The van der Waals surface area contributed by atoms with Crippen molar-refractivity contribution in [1.82, 2.24) is 9.97 Å². The SMILES string of the molecule is Fc1cc2c(cc1F)N(c1ncnc3ccc(Br)cc13)CC2. The van der Waals surface area contributed by atoms with Gasteiger partial charge in [0.25, 0.3) is 0 Å². The second-order valence-electron chi connectivity index (χ2n) is 5.16. The summed E-state index contributed by atoms with van der Waals surface area (Å²) in [5.74, 6) is -0.947. The molecular weight excluding hydrogens is 352 g/mol. The standard InChI is InChI=1S/C16H10BrF2N3/c17-10-1-2-14-11(6-10)16(21-8-20-14)22-4-3-9-5-12(18)13(19)7-15(9)22/h1-2,5-8H,3-4H2.